The maximum atomic E-state index is 12.5. The number of carbonyl (C=O) groups excluding carboxylic acids is 2. The summed E-state index contributed by atoms with van der Waals surface area (Å²) in [4.78, 5) is 32.6. The molecule has 0 atom stereocenters. The number of allylic oxidation sites excluding steroid dienone is 1. The van der Waals surface area contributed by atoms with Crippen molar-refractivity contribution < 1.29 is 14.3 Å². The van der Waals surface area contributed by atoms with Crippen LogP contribution in [0.2, 0.25) is 0 Å². The molecule has 2 aromatic rings. The highest BCUT2D eigenvalue weighted by Gasteiger charge is 2.12. The second kappa shape index (κ2) is 9.82. The van der Waals surface area contributed by atoms with Crippen LogP contribution in [0.4, 0.5) is 11.5 Å². The summed E-state index contributed by atoms with van der Waals surface area (Å²) in [5, 5.41) is 6.08. The van der Waals surface area contributed by atoms with Gasteiger partial charge in [0.1, 0.15) is 17.3 Å². The van der Waals surface area contributed by atoms with Crippen LogP contribution >= 0.6 is 0 Å². The number of nitrogens with zero attached hydrogens (tertiary/aromatic N) is 2. The standard InChI is InChI=1S/C22H26N4O3/c1-15-24-19(21(27)23-13-12-16-6-4-3-5-7-16)14-20(25-15)26-18-10-8-17(9-11-18)22(28)29-2/h6,8-11,14H,3-5,7,12-13H2,1-2H3,(H,23,27)(H,24,25,26). The lowest BCUT2D eigenvalue weighted by atomic mass is 9.97. The van der Waals surface area contributed by atoms with E-state index in [1.165, 1.54) is 25.5 Å². The van der Waals surface area contributed by atoms with Gasteiger partial charge in [0.15, 0.2) is 0 Å². The number of ether oxygens (including phenoxy) is 1. The Morgan fingerprint density at radius 1 is 1.14 bits per heavy atom. The molecule has 29 heavy (non-hydrogen) atoms. The Balaban J connectivity index is 1.62. The van der Waals surface area contributed by atoms with Gasteiger partial charge in [0.25, 0.3) is 5.91 Å². The number of methoxy groups -OCH3 is 1. The number of anilines is 2. The Hall–Kier alpha value is -3.22. The van der Waals surface area contributed by atoms with Crippen LogP contribution in [0.15, 0.2) is 42.0 Å². The van der Waals surface area contributed by atoms with Crippen LogP contribution in [-0.2, 0) is 4.74 Å². The van der Waals surface area contributed by atoms with Gasteiger partial charge in [-0.05, 0) is 63.3 Å². The van der Waals surface area contributed by atoms with Gasteiger partial charge in [-0.15, -0.1) is 0 Å². The van der Waals surface area contributed by atoms with Crippen molar-refractivity contribution in [3.63, 3.8) is 0 Å². The van der Waals surface area contributed by atoms with E-state index in [-0.39, 0.29) is 5.91 Å². The van der Waals surface area contributed by atoms with Crippen LogP contribution < -0.4 is 10.6 Å². The molecular weight excluding hydrogens is 368 g/mol. The van der Waals surface area contributed by atoms with Gasteiger partial charge in [0.2, 0.25) is 0 Å². The van der Waals surface area contributed by atoms with Crippen molar-refractivity contribution in [2.24, 2.45) is 0 Å². The second-order valence-electron chi connectivity index (χ2n) is 6.99. The number of nitrogens with one attached hydrogen (secondary N) is 2. The van der Waals surface area contributed by atoms with Gasteiger partial charge >= 0.3 is 5.97 Å². The number of esters is 1. The van der Waals surface area contributed by atoms with E-state index in [4.69, 9.17) is 4.74 Å². The zero-order chi connectivity index (χ0) is 20.6. The minimum absolute atomic E-state index is 0.212. The minimum atomic E-state index is -0.391. The van der Waals surface area contributed by atoms with Gasteiger partial charge in [0, 0.05) is 18.3 Å². The quantitative estimate of drug-likeness (QED) is 0.546. The van der Waals surface area contributed by atoms with Crippen molar-refractivity contribution in [2.45, 2.75) is 39.0 Å². The summed E-state index contributed by atoms with van der Waals surface area (Å²) in [5.74, 6) is 0.415. The number of benzene rings is 1. The highest BCUT2D eigenvalue weighted by atomic mass is 16.5. The first-order valence-corrected chi connectivity index (χ1v) is 9.82. The molecule has 0 bridgehead atoms. The summed E-state index contributed by atoms with van der Waals surface area (Å²) >= 11 is 0. The third kappa shape index (κ3) is 5.88. The molecule has 0 aliphatic heterocycles. The van der Waals surface area contributed by atoms with Crippen molar-refractivity contribution >= 4 is 23.4 Å². The molecule has 1 aliphatic rings. The van der Waals surface area contributed by atoms with Crippen LogP contribution in [0.5, 0.6) is 0 Å². The molecule has 0 unspecified atom stereocenters. The molecule has 3 rings (SSSR count). The first kappa shape index (κ1) is 20.5. The third-order valence-corrected chi connectivity index (χ3v) is 4.77. The summed E-state index contributed by atoms with van der Waals surface area (Å²) < 4.78 is 4.70. The zero-order valence-electron chi connectivity index (χ0n) is 16.8. The van der Waals surface area contributed by atoms with Crippen molar-refractivity contribution in [3.8, 4) is 0 Å². The number of hydrogen-bond acceptors (Lipinski definition) is 6. The highest BCUT2D eigenvalue weighted by Crippen LogP contribution is 2.20. The van der Waals surface area contributed by atoms with Crippen molar-refractivity contribution in [2.75, 3.05) is 19.0 Å². The van der Waals surface area contributed by atoms with Crippen LogP contribution in [0, 0.1) is 6.92 Å². The lowest BCUT2D eigenvalue weighted by molar-refractivity contribution is 0.0600. The van der Waals surface area contributed by atoms with E-state index in [1.807, 2.05) is 0 Å². The summed E-state index contributed by atoms with van der Waals surface area (Å²) in [7, 11) is 1.34. The molecule has 0 radical (unpaired) electrons. The molecule has 0 spiro atoms. The van der Waals surface area contributed by atoms with E-state index in [0.717, 1.165) is 24.9 Å². The van der Waals surface area contributed by atoms with Gasteiger partial charge in [-0.2, -0.15) is 0 Å². The van der Waals surface area contributed by atoms with Crippen molar-refractivity contribution in [1.29, 1.82) is 0 Å². The van der Waals surface area contributed by atoms with Gasteiger partial charge in [-0.3, -0.25) is 4.79 Å². The average molecular weight is 394 g/mol. The monoisotopic (exact) mass is 394 g/mol. The van der Waals surface area contributed by atoms with Crippen LogP contribution in [-0.4, -0.2) is 35.5 Å². The molecule has 152 valence electrons. The van der Waals surface area contributed by atoms with E-state index in [1.54, 1.807) is 37.3 Å². The molecule has 0 fully saturated rings. The first-order chi connectivity index (χ1) is 14.0. The Kier molecular flexibility index (Phi) is 6.94. The molecule has 0 saturated carbocycles. The normalized spacial score (nSPS) is 13.4. The Labute approximate surface area is 170 Å². The fourth-order valence-corrected chi connectivity index (χ4v) is 3.26. The van der Waals surface area contributed by atoms with E-state index in [0.29, 0.717) is 29.4 Å². The lowest BCUT2D eigenvalue weighted by Gasteiger charge is -2.13. The average Bonchev–Trinajstić information content (AvgIpc) is 2.74. The molecule has 0 saturated heterocycles. The molecule has 1 aromatic heterocycles. The lowest BCUT2D eigenvalue weighted by Crippen LogP contribution is -2.26. The first-order valence-electron chi connectivity index (χ1n) is 9.82. The molecule has 1 aromatic carbocycles. The smallest absolute Gasteiger partial charge is 0.337 e. The Morgan fingerprint density at radius 2 is 1.93 bits per heavy atom. The molecular formula is C22H26N4O3. The number of aromatic nitrogens is 2. The number of aryl methyl sites for hydroxylation is 1. The summed E-state index contributed by atoms with van der Waals surface area (Å²) in [6, 6.07) is 8.45. The Morgan fingerprint density at radius 3 is 2.62 bits per heavy atom. The molecule has 1 aliphatic carbocycles. The third-order valence-electron chi connectivity index (χ3n) is 4.77. The van der Waals surface area contributed by atoms with Gasteiger partial charge in [-0.25, -0.2) is 14.8 Å². The van der Waals surface area contributed by atoms with E-state index in [2.05, 4.69) is 26.7 Å². The fourth-order valence-electron chi connectivity index (χ4n) is 3.26. The summed E-state index contributed by atoms with van der Waals surface area (Å²) in [6.45, 7) is 2.35. The maximum Gasteiger partial charge on any atom is 0.337 e. The largest absolute Gasteiger partial charge is 0.465 e. The maximum absolute atomic E-state index is 12.5. The topological polar surface area (TPSA) is 93.2 Å². The number of amides is 1. The number of rotatable bonds is 7. The number of hydrogen-bond donors (Lipinski definition) is 2. The SMILES string of the molecule is COC(=O)c1ccc(Nc2cc(C(=O)NCCC3=CCCCC3)nc(C)n2)cc1. The van der Waals surface area contributed by atoms with Gasteiger partial charge < -0.3 is 15.4 Å². The molecule has 1 amide bonds. The van der Waals surface area contributed by atoms with E-state index in [9.17, 15) is 9.59 Å². The number of carbonyl (C=O) groups is 2. The van der Waals surface area contributed by atoms with E-state index >= 15 is 0 Å². The predicted octanol–water partition coefficient (Wildman–Crippen LogP) is 3.94. The van der Waals surface area contributed by atoms with E-state index < -0.39 is 5.97 Å². The molecule has 7 heteroatoms. The van der Waals surface area contributed by atoms with Crippen molar-refractivity contribution in [1.82, 2.24) is 15.3 Å². The fraction of sp³-hybridized carbons (Fsp3) is 0.364. The van der Waals surface area contributed by atoms with Gasteiger partial charge in [-0.1, -0.05) is 11.6 Å². The minimum Gasteiger partial charge on any atom is -0.465 e. The highest BCUT2D eigenvalue weighted by molar-refractivity contribution is 5.93. The second-order valence-corrected chi connectivity index (χ2v) is 6.99. The van der Waals surface area contributed by atoms with Crippen LogP contribution in [0.25, 0.3) is 0 Å². The Bertz CT molecular complexity index is 907. The summed E-state index contributed by atoms with van der Waals surface area (Å²) in [5.41, 5.74) is 2.95. The van der Waals surface area contributed by atoms with Gasteiger partial charge in [0.05, 0.1) is 12.7 Å². The molecule has 7 nitrogen and oxygen atoms in total. The predicted molar refractivity (Wildman–Crippen MR) is 111 cm³/mol. The summed E-state index contributed by atoms with van der Waals surface area (Å²) in [6.07, 6.45) is 7.94. The molecule has 2 N–H and O–H groups in total. The van der Waals surface area contributed by atoms with Crippen LogP contribution in [0.1, 0.15) is 58.8 Å². The van der Waals surface area contributed by atoms with Crippen LogP contribution in [0.3, 0.4) is 0 Å². The molecule has 1 heterocycles. The van der Waals surface area contributed by atoms with Crippen molar-refractivity contribution in [3.05, 3.63) is 59.1 Å². The zero-order valence-corrected chi connectivity index (χ0v) is 16.8.